The van der Waals surface area contributed by atoms with Crippen LogP contribution in [0.2, 0.25) is 0 Å². The fourth-order valence-electron chi connectivity index (χ4n) is 3.37. The zero-order chi connectivity index (χ0) is 25.6. The van der Waals surface area contributed by atoms with E-state index in [0.29, 0.717) is 0 Å². The van der Waals surface area contributed by atoms with E-state index in [1.807, 2.05) is 0 Å². The van der Waals surface area contributed by atoms with Gasteiger partial charge in [-0.3, -0.25) is 4.79 Å². The second-order valence-electron chi connectivity index (χ2n) is 7.74. The Morgan fingerprint density at radius 2 is 1.66 bits per heavy atom. The summed E-state index contributed by atoms with van der Waals surface area (Å²) in [6.45, 7) is -0.585. The normalized spacial score (nSPS) is 19.8. The van der Waals surface area contributed by atoms with Crippen molar-refractivity contribution in [3.63, 3.8) is 0 Å². The summed E-state index contributed by atoms with van der Waals surface area (Å²) in [4.78, 5) is 24.4. The van der Waals surface area contributed by atoms with Crippen LogP contribution in [0, 0.1) is 11.6 Å². The number of aliphatic hydroxyl groups is 1. The Balaban J connectivity index is 1.50. The van der Waals surface area contributed by atoms with Crippen molar-refractivity contribution in [2.75, 3.05) is 11.9 Å². The molecule has 1 heterocycles. The van der Waals surface area contributed by atoms with Gasteiger partial charge >= 0.3 is 12.2 Å². The van der Waals surface area contributed by atoms with Gasteiger partial charge in [-0.2, -0.15) is 13.2 Å². The molecule has 7 nitrogen and oxygen atoms in total. The zero-order valence-corrected chi connectivity index (χ0v) is 18.1. The van der Waals surface area contributed by atoms with Crippen molar-refractivity contribution in [3.05, 3.63) is 77.4 Å². The molecule has 0 saturated carbocycles. The average molecular weight is 499 g/mol. The highest BCUT2D eigenvalue weighted by molar-refractivity contribution is 5.89. The first-order valence-corrected chi connectivity index (χ1v) is 10.4. The van der Waals surface area contributed by atoms with Gasteiger partial charge in [0.1, 0.15) is 17.7 Å². The lowest BCUT2D eigenvalue weighted by Crippen LogP contribution is -2.50. The maximum atomic E-state index is 13.2. The minimum Gasteiger partial charge on any atom is -0.394 e. The number of halogens is 5. The van der Waals surface area contributed by atoms with E-state index in [0.717, 1.165) is 42.5 Å². The highest BCUT2D eigenvalue weighted by Crippen LogP contribution is 2.29. The summed E-state index contributed by atoms with van der Waals surface area (Å²) in [5.41, 5.74) is -0.484. The number of amides is 3. The molecule has 12 heteroatoms. The molecular formula is C23H22F5N3O4. The molecule has 2 aromatic carbocycles. The van der Waals surface area contributed by atoms with Crippen LogP contribution < -0.4 is 16.0 Å². The molecule has 3 rings (SSSR count). The maximum Gasteiger partial charge on any atom is 0.416 e. The summed E-state index contributed by atoms with van der Waals surface area (Å²) >= 11 is 0. The number of carbonyl (C=O) groups is 2. The standard InChI is InChI=1S/C23H22F5N3O4/c24-15-7-13(8-16(25)9-15)11-29-21(33)10-18-5-6-19(20(12-32)35-18)31-22(34)30-17-3-1-14(2-4-17)23(26,27)28/h1-9,18-20,32H,10-12H2,(H,29,33)(H2,30,31,34)/t18-,19+,20-/m0/s1. The SMILES string of the molecule is O=C(C[C@@H]1C=C[C@@H](NC(=O)Nc2ccc(C(F)(F)F)cc2)[C@H](CO)O1)NCc1cc(F)cc(F)c1. The number of hydrogen-bond acceptors (Lipinski definition) is 4. The molecule has 2 aromatic rings. The first-order chi connectivity index (χ1) is 16.5. The van der Waals surface area contributed by atoms with Crippen molar-refractivity contribution < 1.29 is 41.4 Å². The molecule has 0 aliphatic carbocycles. The quantitative estimate of drug-likeness (QED) is 0.346. The van der Waals surface area contributed by atoms with Gasteiger partial charge in [0, 0.05) is 18.3 Å². The van der Waals surface area contributed by atoms with Gasteiger partial charge in [-0.1, -0.05) is 12.2 Å². The van der Waals surface area contributed by atoms with Crippen LogP contribution in [0.3, 0.4) is 0 Å². The van der Waals surface area contributed by atoms with Gasteiger partial charge in [-0.25, -0.2) is 13.6 Å². The molecule has 0 unspecified atom stereocenters. The number of urea groups is 1. The third-order valence-electron chi connectivity index (χ3n) is 5.03. The predicted molar refractivity (Wildman–Crippen MR) is 115 cm³/mol. The highest BCUT2D eigenvalue weighted by Gasteiger charge is 2.31. The van der Waals surface area contributed by atoms with E-state index in [1.54, 1.807) is 0 Å². The third kappa shape index (κ3) is 7.76. The second kappa shape index (κ2) is 11.3. The lowest BCUT2D eigenvalue weighted by atomic mass is 10.0. The second-order valence-corrected chi connectivity index (χ2v) is 7.74. The predicted octanol–water partition coefficient (Wildman–Crippen LogP) is 3.50. The van der Waals surface area contributed by atoms with E-state index < -0.39 is 60.2 Å². The van der Waals surface area contributed by atoms with Gasteiger partial charge in [0.05, 0.1) is 30.7 Å². The smallest absolute Gasteiger partial charge is 0.394 e. The van der Waals surface area contributed by atoms with Crippen molar-refractivity contribution >= 4 is 17.6 Å². The molecule has 3 amide bonds. The third-order valence-corrected chi connectivity index (χ3v) is 5.03. The average Bonchev–Trinajstić information content (AvgIpc) is 2.78. The van der Waals surface area contributed by atoms with Crippen molar-refractivity contribution in [1.29, 1.82) is 0 Å². The van der Waals surface area contributed by atoms with Crippen molar-refractivity contribution in [3.8, 4) is 0 Å². The first-order valence-electron chi connectivity index (χ1n) is 10.4. The monoisotopic (exact) mass is 499 g/mol. The fourth-order valence-corrected chi connectivity index (χ4v) is 3.37. The molecule has 35 heavy (non-hydrogen) atoms. The van der Waals surface area contributed by atoms with Crippen LogP contribution in [0.15, 0.2) is 54.6 Å². The van der Waals surface area contributed by atoms with Gasteiger partial charge in [0.25, 0.3) is 0 Å². The molecule has 0 spiro atoms. The Bertz CT molecular complexity index is 1060. The topological polar surface area (TPSA) is 99.7 Å². The Morgan fingerprint density at radius 1 is 1.00 bits per heavy atom. The molecule has 0 saturated heterocycles. The number of aliphatic hydroxyl groups excluding tert-OH is 1. The largest absolute Gasteiger partial charge is 0.416 e. The van der Waals surface area contributed by atoms with Crippen molar-refractivity contribution in [1.82, 2.24) is 10.6 Å². The van der Waals surface area contributed by atoms with Crippen LogP contribution in [-0.2, 0) is 22.3 Å². The van der Waals surface area contributed by atoms with Crippen molar-refractivity contribution in [2.45, 2.75) is 37.4 Å². The van der Waals surface area contributed by atoms with E-state index in [2.05, 4.69) is 16.0 Å². The van der Waals surface area contributed by atoms with Crippen LogP contribution in [0.4, 0.5) is 32.4 Å². The summed E-state index contributed by atoms with van der Waals surface area (Å²) in [6.07, 6.45) is -3.23. The zero-order valence-electron chi connectivity index (χ0n) is 18.1. The van der Waals surface area contributed by atoms with E-state index in [4.69, 9.17) is 4.74 Å². The Kier molecular flexibility index (Phi) is 8.41. The fraction of sp³-hybridized carbons (Fsp3) is 0.304. The molecule has 0 bridgehead atoms. The highest BCUT2D eigenvalue weighted by atomic mass is 19.4. The molecule has 4 N–H and O–H groups in total. The number of ether oxygens (including phenoxy) is 1. The van der Waals surface area contributed by atoms with E-state index in [-0.39, 0.29) is 24.2 Å². The van der Waals surface area contributed by atoms with E-state index in [1.165, 1.54) is 12.2 Å². The summed E-state index contributed by atoms with van der Waals surface area (Å²) in [7, 11) is 0. The first kappa shape index (κ1) is 26.1. The number of hydrogen-bond donors (Lipinski definition) is 4. The minimum absolute atomic E-state index is 0.0956. The maximum absolute atomic E-state index is 13.2. The number of benzene rings is 2. The molecule has 0 aromatic heterocycles. The summed E-state index contributed by atoms with van der Waals surface area (Å²) < 4.78 is 70.0. The van der Waals surface area contributed by atoms with Crippen LogP contribution >= 0.6 is 0 Å². The van der Waals surface area contributed by atoms with E-state index >= 15 is 0 Å². The summed E-state index contributed by atoms with van der Waals surface area (Å²) in [6, 6.07) is 5.26. The number of rotatable bonds is 7. The van der Waals surface area contributed by atoms with Gasteiger partial charge in [0.15, 0.2) is 0 Å². The summed E-state index contributed by atoms with van der Waals surface area (Å²) in [5.74, 6) is -1.99. The summed E-state index contributed by atoms with van der Waals surface area (Å²) in [5, 5.41) is 17.1. The van der Waals surface area contributed by atoms with Crippen molar-refractivity contribution in [2.24, 2.45) is 0 Å². The van der Waals surface area contributed by atoms with Crippen LogP contribution in [0.5, 0.6) is 0 Å². The number of carbonyl (C=O) groups excluding carboxylic acids is 2. The Labute approximate surface area is 197 Å². The molecule has 188 valence electrons. The molecule has 3 atom stereocenters. The molecule has 0 fully saturated rings. The lowest BCUT2D eigenvalue weighted by molar-refractivity contribution is -0.137. The van der Waals surface area contributed by atoms with Crippen LogP contribution in [0.25, 0.3) is 0 Å². The van der Waals surface area contributed by atoms with Gasteiger partial charge < -0.3 is 25.8 Å². The molecular weight excluding hydrogens is 477 g/mol. The molecule has 1 aliphatic heterocycles. The number of alkyl halides is 3. The van der Waals surface area contributed by atoms with Crippen LogP contribution in [-0.4, -0.2) is 41.9 Å². The molecule has 1 aliphatic rings. The van der Waals surface area contributed by atoms with Gasteiger partial charge in [-0.05, 0) is 42.0 Å². The molecule has 0 radical (unpaired) electrons. The Hall–Kier alpha value is -3.51. The lowest BCUT2D eigenvalue weighted by Gasteiger charge is -2.31. The number of nitrogens with one attached hydrogen (secondary N) is 3. The van der Waals surface area contributed by atoms with E-state index in [9.17, 15) is 36.6 Å². The minimum atomic E-state index is -4.50. The van der Waals surface area contributed by atoms with Gasteiger partial charge in [0.2, 0.25) is 5.91 Å². The number of anilines is 1. The Morgan fingerprint density at radius 3 is 2.26 bits per heavy atom. The van der Waals surface area contributed by atoms with Crippen LogP contribution in [0.1, 0.15) is 17.5 Å². The van der Waals surface area contributed by atoms with Gasteiger partial charge in [-0.15, -0.1) is 0 Å².